The molecule has 0 unspecified atom stereocenters. The molecule has 0 bridgehead atoms. The number of para-hydroxylation sites is 1. The van der Waals surface area contributed by atoms with Gasteiger partial charge in [-0.05, 0) is 66.9 Å². The van der Waals surface area contributed by atoms with Gasteiger partial charge in [0.1, 0.15) is 5.82 Å². The summed E-state index contributed by atoms with van der Waals surface area (Å²) in [5.74, 6) is -1.17. The van der Waals surface area contributed by atoms with Gasteiger partial charge in [-0.1, -0.05) is 106 Å². The van der Waals surface area contributed by atoms with Gasteiger partial charge >= 0.3 is 5.97 Å². The number of carboxylic acid groups (broad SMARTS) is 1. The summed E-state index contributed by atoms with van der Waals surface area (Å²) in [4.78, 5) is 10.6. The monoisotopic (exact) mass is 627 g/mol. The standard InChI is InChI=1S/C24H28FNO3.C4H9I.C2H6.CH4/c1-17(2)26-23-11-4-3-9-22(23)21(18-13-15-19(25)16-14-18)10-5-7-20(27)8-6-12-24(28)29;1-2-3-4-5;1-2;/h3-5,7,9-11,13-17,20,26-27H,6,8,12H2,1-2H3,(H,28,29);2-4H2,1H3;1-2H3;1H4/b7-5+,21-10+;;;/t20-;;;/m1.../s1. The molecule has 0 aliphatic carbocycles. The summed E-state index contributed by atoms with van der Waals surface area (Å²) in [6, 6.07) is 14.4. The largest absolute Gasteiger partial charge is 0.481 e. The number of unbranched alkanes of at least 4 members (excludes halogenated alkanes) is 1. The Bertz CT molecular complexity index is 909. The molecule has 2 aromatic carbocycles. The summed E-state index contributed by atoms with van der Waals surface area (Å²) >= 11 is 2.39. The van der Waals surface area contributed by atoms with Gasteiger partial charge in [0.25, 0.3) is 0 Å². The molecular weight excluding hydrogens is 580 g/mol. The molecule has 0 saturated heterocycles. The van der Waals surface area contributed by atoms with Crippen molar-refractivity contribution in [1.29, 1.82) is 0 Å². The van der Waals surface area contributed by atoms with Crippen LogP contribution in [0.2, 0.25) is 0 Å². The average molecular weight is 628 g/mol. The Hall–Kier alpha value is -2.19. The number of carboxylic acids is 1. The third-order valence-corrected chi connectivity index (χ3v) is 5.55. The maximum Gasteiger partial charge on any atom is 0.303 e. The lowest BCUT2D eigenvalue weighted by molar-refractivity contribution is -0.137. The zero-order valence-corrected chi connectivity index (χ0v) is 24.5. The van der Waals surface area contributed by atoms with E-state index in [4.69, 9.17) is 5.11 Å². The summed E-state index contributed by atoms with van der Waals surface area (Å²) in [6.45, 7) is 10.3. The number of benzene rings is 2. The first-order valence-electron chi connectivity index (χ1n) is 12.7. The first-order valence-corrected chi connectivity index (χ1v) is 14.3. The van der Waals surface area contributed by atoms with Gasteiger partial charge < -0.3 is 15.5 Å². The summed E-state index contributed by atoms with van der Waals surface area (Å²) in [5.41, 5.74) is 3.68. The van der Waals surface area contributed by atoms with Crippen molar-refractivity contribution in [3.8, 4) is 0 Å². The van der Waals surface area contributed by atoms with Crippen LogP contribution >= 0.6 is 22.6 Å². The van der Waals surface area contributed by atoms with Crippen LogP contribution in [0.3, 0.4) is 0 Å². The van der Waals surface area contributed by atoms with Gasteiger partial charge in [-0.15, -0.1) is 0 Å². The topological polar surface area (TPSA) is 69.6 Å². The lowest BCUT2D eigenvalue weighted by atomic mass is 9.95. The van der Waals surface area contributed by atoms with Crippen molar-refractivity contribution < 1.29 is 19.4 Å². The second-order valence-corrected chi connectivity index (χ2v) is 9.29. The van der Waals surface area contributed by atoms with Crippen LogP contribution < -0.4 is 5.32 Å². The van der Waals surface area contributed by atoms with E-state index in [2.05, 4.69) is 48.7 Å². The molecule has 0 amide bonds. The fourth-order valence-electron chi connectivity index (χ4n) is 3.10. The lowest BCUT2D eigenvalue weighted by Gasteiger charge is -2.17. The molecule has 0 fully saturated rings. The number of anilines is 1. The zero-order valence-electron chi connectivity index (χ0n) is 22.3. The van der Waals surface area contributed by atoms with E-state index in [-0.39, 0.29) is 25.7 Å². The number of aliphatic hydroxyl groups excluding tert-OH is 1. The minimum Gasteiger partial charge on any atom is -0.481 e. The van der Waals surface area contributed by atoms with Crippen molar-refractivity contribution in [3.05, 3.63) is 83.7 Å². The Labute approximate surface area is 238 Å². The van der Waals surface area contributed by atoms with Gasteiger partial charge in [0.15, 0.2) is 0 Å². The maximum atomic E-state index is 13.4. The Balaban J connectivity index is 0. The highest BCUT2D eigenvalue weighted by Crippen LogP contribution is 2.30. The predicted octanol–water partition coefficient (Wildman–Crippen LogP) is 9.13. The number of aliphatic carboxylic acids is 1. The van der Waals surface area contributed by atoms with Crippen LogP contribution in [0.25, 0.3) is 5.57 Å². The summed E-state index contributed by atoms with van der Waals surface area (Å²) in [6.07, 6.45) is 8.11. The smallest absolute Gasteiger partial charge is 0.303 e. The molecule has 0 saturated carbocycles. The molecule has 1 atom stereocenters. The van der Waals surface area contributed by atoms with E-state index in [0.717, 1.165) is 22.4 Å². The number of nitrogens with one attached hydrogen (secondary N) is 1. The zero-order chi connectivity index (χ0) is 27.3. The number of hydrogen-bond acceptors (Lipinski definition) is 3. The predicted molar refractivity (Wildman–Crippen MR) is 167 cm³/mol. The molecule has 0 aliphatic heterocycles. The number of allylic oxidation sites excluding steroid dienone is 2. The molecule has 2 aromatic rings. The number of rotatable bonds is 12. The lowest BCUT2D eigenvalue weighted by Crippen LogP contribution is -2.11. The highest BCUT2D eigenvalue weighted by Gasteiger charge is 2.10. The molecule has 3 N–H and O–H groups in total. The van der Waals surface area contributed by atoms with Gasteiger partial charge in [0, 0.05) is 23.7 Å². The van der Waals surface area contributed by atoms with Crippen LogP contribution in [0.15, 0.2) is 66.8 Å². The third kappa shape index (κ3) is 17.0. The number of aliphatic hydroxyl groups is 1. The quantitative estimate of drug-likeness (QED) is 0.125. The second kappa shape index (κ2) is 23.0. The maximum absolute atomic E-state index is 13.4. The highest BCUT2D eigenvalue weighted by atomic mass is 127. The highest BCUT2D eigenvalue weighted by molar-refractivity contribution is 14.1. The van der Waals surface area contributed by atoms with E-state index in [1.807, 2.05) is 44.2 Å². The minimum absolute atomic E-state index is 0. The van der Waals surface area contributed by atoms with E-state index in [1.54, 1.807) is 24.3 Å². The van der Waals surface area contributed by atoms with Crippen molar-refractivity contribution in [2.75, 3.05) is 9.74 Å². The van der Waals surface area contributed by atoms with Crippen LogP contribution in [-0.4, -0.2) is 32.8 Å². The van der Waals surface area contributed by atoms with Gasteiger partial charge in [-0.25, -0.2) is 4.39 Å². The van der Waals surface area contributed by atoms with Gasteiger partial charge in [0.2, 0.25) is 0 Å². The molecule has 6 heteroatoms. The summed E-state index contributed by atoms with van der Waals surface area (Å²) in [7, 11) is 0. The van der Waals surface area contributed by atoms with Gasteiger partial charge in [-0.2, -0.15) is 0 Å². The molecule has 0 aliphatic rings. The van der Waals surface area contributed by atoms with Crippen molar-refractivity contribution in [3.63, 3.8) is 0 Å². The SMILES string of the molecule is C.CC.CC(C)Nc1ccccc1/C(=C/C=C/[C@@H](O)CCCC(=O)O)c1ccc(F)cc1.CCCCI. The number of alkyl halides is 1. The van der Waals surface area contributed by atoms with E-state index < -0.39 is 12.1 Å². The first kappa shape index (κ1) is 37.0. The fraction of sp³-hybridized carbons (Fsp3) is 0.452. The number of halogens is 2. The fourth-order valence-corrected chi connectivity index (χ4v) is 3.86. The third-order valence-electron chi connectivity index (χ3n) is 4.79. The number of carbonyl (C=O) groups is 1. The summed E-state index contributed by atoms with van der Waals surface area (Å²) in [5, 5.41) is 22.2. The molecule has 37 heavy (non-hydrogen) atoms. The van der Waals surface area contributed by atoms with Crippen LogP contribution in [0.1, 0.15) is 85.3 Å². The van der Waals surface area contributed by atoms with Crippen molar-refractivity contribution in [1.82, 2.24) is 0 Å². The average Bonchev–Trinajstić information content (AvgIpc) is 2.85. The van der Waals surface area contributed by atoms with Gasteiger partial charge in [-0.3, -0.25) is 4.79 Å². The van der Waals surface area contributed by atoms with Crippen molar-refractivity contribution in [2.45, 2.75) is 86.3 Å². The van der Waals surface area contributed by atoms with Crippen molar-refractivity contribution >= 4 is 39.8 Å². The molecule has 0 spiro atoms. The normalized spacial score (nSPS) is 11.5. The van der Waals surface area contributed by atoms with Crippen LogP contribution in [-0.2, 0) is 4.79 Å². The van der Waals surface area contributed by atoms with Crippen molar-refractivity contribution in [2.24, 2.45) is 0 Å². The molecule has 0 aromatic heterocycles. The second-order valence-electron chi connectivity index (χ2n) is 8.21. The van der Waals surface area contributed by atoms with Gasteiger partial charge in [0.05, 0.1) is 6.10 Å². The Kier molecular flexibility index (Phi) is 22.9. The minimum atomic E-state index is -0.867. The molecule has 2 rings (SSSR count). The Morgan fingerprint density at radius 1 is 1.08 bits per heavy atom. The van der Waals surface area contributed by atoms with Crippen LogP contribution in [0, 0.1) is 5.82 Å². The van der Waals surface area contributed by atoms with E-state index in [9.17, 15) is 14.3 Å². The van der Waals surface area contributed by atoms with E-state index >= 15 is 0 Å². The Morgan fingerprint density at radius 3 is 2.22 bits per heavy atom. The first-order chi connectivity index (χ1) is 17.3. The summed E-state index contributed by atoms with van der Waals surface area (Å²) < 4.78 is 14.7. The molecule has 0 heterocycles. The molecular formula is C31H47FINO3. The van der Waals surface area contributed by atoms with E-state index in [1.165, 1.54) is 29.4 Å². The molecule has 4 nitrogen and oxygen atoms in total. The Morgan fingerprint density at radius 2 is 1.70 bits per heavy atom. The van der Waals surface area contributed by atoms with Crippen LogP contribution in [0.4, 0.5) is 10.1 Å². The number of hydrogen-bond donors (Lipinski definition) is 3. The van der Waals surface area contributed by atoms with Crippen LogP contribution in [0.5, 0.6) is 0 Å². The molecule has 0 radical (unpaired) electrons. The molecule has 208 valence electrons. The van der Waals surface area contributed by atoms with E-state index in [0.29, 0.717) is 12.8 Å².